The zero-order chi connectivity index (χ0) is 26.0. The zero-order valence-electron chi connectivity index (χ0n) is 19.6. The number of anilines is 1. The van der Waals surface area contributed by atoms with Crippen LogP contribution in [0.5, 0.6) is 0 Å². The molecule has 12 heteroatoms. The summed E-state index contributed by atoms with van der Waals surface area (Å²) in [5, 5.41) is 16.3. The molecule has 0 spiro atoms. The van der Waals surface area contributed by atoms with E-state index in [-0.39, 0.29) is 34.7 Å². The van der Waals surface area contributed by atoms with E-state index in [1.54, 1.807) is 18.8 Å². The molecule has 1 amide bonds. The van der Waals surface area contributed by atoms with Gasteiger partial charge in [-0.1, -0.05) is 0 Å². The number of hydrogen-bond acceptors (Lipinski definition) is 4. The van der Waals surface area contributed by atoms with E-state index >= 15 is 0 Å². The van der Waals surface area contributed by atoms with Crippen LogP contribution in [-0.4, -0.2) is 30.3 Å². The molecule has 1 aromatic carbocycles. The van der Waals surface area contributed by atoms with E-state index in [4.69, 9.17) is 0 Å². The van der Waals surface area contributed by atoms with Crippen LogP contribution in [0.15, 0.2) is 35.4 Å². The Labute approximate surface area is 202 Å². The van der Waals surface area contributed by atoms with Crippen LogP contribution in [0, 0.1) is 17.7 Å². The highest BCUT2D eigenvalue weighted by molar-refractivity contribution is 6.04. The summed E-state index contributed by atoms with van der Waals surface area (Å²) in [7, 11) is 3.31. The van der Waals surface area contributed by atoms with Gasteiger partial charge < -0.3 is 15.0 Å². The molecule has 0 radical (unpaired) electrons. The van der Waals surface area contributed by atoms with Crippen LogP contribution < -0.4 is 10.9 Å². The summed E-state index contributed by atoms with van der Waals surface area (Å²) in [4.78, 5) is 29.2. The van der Waals surface area contributed by atoms with Gasteiger partial charge in [0.25, 0.3) is 11.5 Å². The number of benzene rings is 1. The minimum atomic E-state index is -4.89. The van der Waals surface area contributed by atoms with Crippen molar-refractivity contribution < 1.29 is 27.5 Å². The molecule has 3 aromatic rings. The zero-order valence-corrected chi connectivity index (χ0v) is 19.6. The molecule has 2 fully saturated rings. The van der Waals surface area contributed by atoms with E-state index in [0.29, 0.717) is 49.2 Å². The van der Waals surface area contributed by atoms with Gasteiger partial charge in [0.2, 0.25) is 0 Å². The number of aromatic amines is 1. The summed E-state index contributed by atoms with van der Waals surface area (Å²) < 4.78 is 55.9. The molecule has 5 rings (SSSR count). The minimum absolute atomic E-state index is 0.0690. The number of aliphatic hydroxyl groups is 1. The Balaban J connectivity index is 1.34. The fraction of sp³-hybridized carbons (Fsp3) is 0.458. The Morgan fingerprint density at radius 1 is 1.19 bits per heavy atom. The molecule has 8 nitrogen and oxygen atoms in total. The van der Waals surface area contributed by atoms with Crippen molar-refractivity contribution in [2.75, 3.05) is 5.32 Å². The van der Waals surface area contributed by atoms with Gasteiger partial charge >= 0.3 is 6.18 Å². The molecule has 2 heterocycles. The third kappa shape index (κ3) is 4.12. The van der Waals surface area contributed by atoms with Gasteiger partial charge in [0.05, 0.1) is 23.3 Å². The molecule has 2 aliphatic rings. The SMILES string of the molecule is Cn1cnc(C2CC3CC(O)(c4cc(=O)[nH]n4C)CC3C2)c1C(=O)Nc1ccc(F)c(C(F)(F)F)c1. The number of hydrogen-bond donors (Lipinski definition) is 3. The molecule has 3 N–H and O–H groups in total. The quantitative estimate of drug-likeness (QED) is 0.469. The van der Waals surface area contributed by atoms with Crippen molar-refractivity contribution in [1.82, 2.24) is 19.3 Å². The number of imidazole rings is 1. The maximum atomic E-state index is 13.6. The molecule has 0 aliphatic heterocycles. The monoisotopic (exact) mass is 507 g/mol. The number of H-pyrrole nitrogens is 1. The number of amides is 1. The number of nitrogens with zero attached hydrogens (tertiary/aromatic N) is 3. The van der Waals surface area contributed by atoms with Gasteiger partial charge in [-0.05, 0) is 55.7 Å². The second kappa shape index (κ2) is 8.32. The average molecular weight is 507 g/mol. The topological polar surface area (TPSA) is 105 Å². The summed E-state index contributed by atoms with van der Waals surface area (Å²) in [5.41, 5.74) is -1.70. The van der Waals surface area contributed by atoms with Crippen molar-refractivity contribution in [3.05, 3.63) is 69.4 Å². The molecule has 36 heavy (non-hydrogen) atoms. The maximum absolute atomic E-state index is 13.6. The molecule has 2 saturated carbocycles. The Bertz CT molecular complexity index is 1380. The number of fused-ring (bicyclic) bond motifs is 1. The highest BCUT2D eigenvalue weighted by Crippen LogP contribution is 2.56. The summed E-state index contributed by atoms with van der Waals surface area (Å²) >= 11 is 0. The van der Waals surface area contributed by atoms with Crippen LogP contribution in [0.3, 0.4) is 0 Å². The fourth-order valence-electron chi connectivity index (χ4n) is 6.05. The Kier molecular flexibility index (Phi) is 5.62. The first-order valence-corrected chi connectivity index (χ1v) is 11.5. The molecule has 0 saturated heterocycles. The van der Waals surface area contributed by atoms with Crippen molar-refractivity contribution in [3.63, 3.8) is 0 Å². The van der Waals surface area contributed by atoms with E-state index < -0.39 is 29.1 Å². The number of rotatable bonds is 4. The van der Waals surface area contributed by atoms with Crippen molar-refractivity contribution in [3.8, 4) is 0 Å². The number of nitrogens with one attached hydrogen (secondary N) is 2. The number of halogens is 4. The summed E-state index contributed by atoms with van der Waals surface area (Å²) in [5.74, 6) is -1.80. The van der Waals surface area contributed by atoms with E-state index in [1.165, 1.54) is 17.0 Å². The number of aryl methyl sites for hydroxylation is 2. The predicted octanol–water partition coefficient (Wildman–Crippen LogP) is 3.65. The largest absolute Gasteiger partial charge is 0.419 e. The van der Waals surface area contributed by atoms with E-state index in [1.807, 2.05) is 0 Å². The smallest absolute Gasteiger partial charge is 0.384 e. The van der Waals surface area contributed by atoms with Crippen molar-refractivity contribution >= 4 is 11.6 Å². The predicted molar refractivity (Wildman–Crippen MR) is 121 cm³/mol. The van der Waals surface area contributed by atoms with Crippen molar-refractivity contribution in [2.45, 2.75) is 43.4 Å². The van der Waals surface area contributed by atoms with Gasteiger partial charge in [-0.25, -0.2) is 9.37 Å². The van der Waals surface area contributed by atoms with Crippen LogP contribution in [0.25, 0.3) is 0 Å². The van der Waals surface area contributed by atoms with Gasteiger partial charge in [0.1, 0.15) is 17.1 Å². The molecule has 2 aliphatic carbocycles. The molecule has 2 atom stereocenters. The van der Waals surface area contributed by atoms with Gasteiger partial charge in [-0.15, -0.1) is 0 Å². The normalized spacial score (nSPS) is 25.8. The Morgan fingerprint density at radius 2 is 1.86 bits per heavy atom. The number of alkyl halides is 3. The Hall–Kier alpha value is -3.41. The van der Waals surface area contributed by atoms with Crippen molar-refractivity contribution in [2.24, 2.45) is 25.9 Å². The number of aromatic nitrogens is 4. The fourth-order valence-corrected chi connectivity index (χ4v) is 6.05. The first kappa shape index (κ1) is 24.3. The summed E-state index contributed by atoms with van der Waals surface area (Å²) in [6.07, 6.45) is -1.10. The van der Waals surface area contributed by atoms with Gasteiger partial charge in [-0.3, -0.25) is 19.4 Å². The number of carbonyl (C=O) groups excluding carboxylic acids is 1. The van der Waals surface area contributed by atoms with Crippen LogP contribution >= 0.6 is 0 Å². The van der Waals surface area contributed by atoms with Gasteiger partial charge in [0, 0.05) is 31.8 Å². The standard InChI is InChI=1S/C24H25F4N5O3/c1-32-11-29-20(21(32)22(35)30-15-3-4-17(25)16(7-15)24(26,27)28)12-5-13-9-23(36,10-14(13)6-12)18-8-19(34)31-33(18)2/h3-4,7-8,11-14,36H,5-6,9-10H2,1-2H3,(H,30,35)(H,31,34). The molecule has 0 bridgehead atoms. The second-order valence-corrected chi connectivity index (χ2v) is 9.93. The van der Waals surface area contributed by atoms with E-state index in [2.05, 4.69) is 15.4 Å². The third-order valence-electron chi connectivity index (χ3n) is 7.52. The third-order valence-corrected chi connectivity index (χ3v) is 7.52. The van der Waals surface area contributed by atoms with Gasteiger partial charge in [0.15, 0.2) is 0 Å². The highest BCUT2D eigenvalue weighted by atomic mass is 19.4. The Morgan fingerprint density at radius 3 is 2.44 bits per heavy atom. The van der Waals surface area contributed by atoms with E-state index in [0.717, 1.165) is 6.07 Å². The molecular weight excluding hydrogens is 482 g/mol. The minimum Gasteiger partial charge on any atom is -0.384 e. The van der Waals surface area contributed by atoms with E-state index in [9.17, 15) is 32.3 Å². The van der Waals surface area contributed by atoms with Crippen LogP contribution in [0.1, 0.15) is 59.0 Å². The maximum Gasteiger partial charge on any atom is 0.419 e. The van der Waals surface area contributed by atoms with Crippen LogP contribution in [-0.2, 0) is 25.9 Å². The van der Waals surface area contributed by atoms with Crippen LogP contribution in [0.4, 0.5) is 23.2 Å². The number of carbonyl (C=O) groups is 1. The molecule has 2 aromatic heterocycles. The first-order valence-electron chi connectivity index (χ1n) is 11.5. The summed E-state index contributed by atoms with van der Waals surface area (Å²) in [6, 6.07) is 3.73. The molecule has 192 valence electrons. The first-order chi connectivity index (χ1) is 16.9. The lowest BCUT2D eigenvalue weighted by Crippen LogP contribution is -2.26. The van der Waals surface area contributed by atoms with Crippen molar-refractivity contribution in [1.29, 1.82) is 0 Å². The average Bonchev–Trinajstić information content (AvgIpc) is 3.50. The van der Waals surface area contributed by atoms with Gasteiger partial charge in [-0.2, -0.15) is 13.2 Å². The lowest BCUT2D eigenvalue weighted by molar-refractivity contribution is -0.139. The molecular formula is C24H25F4N5O3. The lowest BCUT2D eigenvalue weighted by atomic mass is 9.90. The molecule has 2 unspecified atom stereocenters. The second-order valence-electron chi connectivity index (χ2n) is 9.93. The van der Waals surface area contributed by atoms with Crippen LogP contribution in [0.2, 0.25) is 0 Å². The highest BCUT2D eigenvalue weighted by Gasteiger charge is 2.51. The summed E-state index contributed by atoms with van der Waals surface area (Å²) in [6.45, 7) is 0. The lowest BCUT2D eigenvalue weighted by Gasteiger charge is -2.25.